The normalized spacial score (nSPS) is 22.4. The number of hydrogen-bond acceptors (Lipinski definition) is 3. The van der Waals surface area contributed by atoms with Gasteiger partial charge in [-0.1, -0.05) is 19.4 Å². The molecule has 0 spiro atoms. The zero-order chi connectivity index (χ0) is 14.2. The van der Waals surface area contributed by atoms with E-state index in [9.17, 15) is 4.79 Å². The lowest BCUT2D eigenvalue weighted by Crippen LogP contribution is -2.39. The van der Waals surface area contributed by atoms with Crippen LogP contribution in [-0.4, -0.2) is 27.9 Å². The van der Waals surface area contributed by atoms with Gasteiger partial charge in [0.1, 0.15) is 0 Å². The van der Waals surface area contributed by atoms with Crippen LogP contribution < -0.4 is 5.32 Å². The quantitative estimate of drug-likeness (QED) is 0.875. The molecule has 1 fully saturated rings. The van der Waals surface area contributed by atoms with Crippen molar-refractivity contribution in [3.63, 3.8) is 0 Å². The van der Waals surface area contributed by atoms with E-state index < -0.39 is 0 Å². The van der Waals surface area contributed by atoms with Crippen LogP contribution in [0.25, 0.3) is 0 Å². The smallest absolute Gasteiger partial charge is 0.220 e. The van der Waals surface area contributed by atoms with Crippen LogP contribution in [0.15, 0.2) is 24.4 Å². The van der Waals surface area contributed by atoms with Crippen LogP contribution in [0.2, 0.25) is 0 Å². The molecule has 0 aliphatic heterocycles. The molecule has 2 rings (SSSR count). The maximum Gasteiger partial charge on any atom is 0.220 e. The first kappa shape index (κ1) is 15.4. The third-order valence-electron chi connectivity index (χ3n) is 3.73. The molecular formula is C16H24N2OS. The van der Waals surface area contributed by atoms with Crippen LogP contribution >= 0.6 is 11.8 Å². The van der Waals surface area contributed by atoms with E-state index in [0.717, 1.165) is 30.2 Å². The van der Waals surface area contributed by atoms with Gasteiger partial charge >= 0.3 is 0 Å². The van der Waals surface area contributed by atoms with Gasteiger partial charge in [-0.25, -0.2) is 0 Å². The number of carbonyl (C=O) groups excluding carboxylic acids is 1. The number of aromatic nitrogens is 1. The Labute approximate surface area is 125 Å². The number of rotatable bonds is 6. The van der Waals surface area contributed by atoms with Crippen molar-refractivity contribution in [1.29, 1.82) is 0 Å². The van der Waals surface area contributed by atoms with Gasteiger partial charge in [-0.2, -0.15) is 11.8 Å². The highest BCUT2D eigenvalue weighted by Gasteiger charge is 2.22. The summed E-state index contributed by atoms with van der Waals surface area (Å²) in [5.74, 6) is 1.34. The number of carbonyl (C=O) groups is 1. The van der Waals surface area contributed by atoms with E-state index in [1.54, 1.807) is 6.20 Å². The maximum absolute atomic E-state index is 12.0. The maximum atomic E-state index is 12.0. The van der Waals surface area contributed by atoms with Crippen molar-refractivity contribution in [2.75, 3.05) is 5.75 Å². The lowest BCUT2D eigenvalue weighted by molar-refractivity contribution is -0.121. The highest BCUT2D eigenvalue weighted by molar-refractivity contribution is 7.99. The van der Waals surface area contributed by atoms with Gasteiger partial charge in [0, 0.05) is 29.6 Å². The summed E-state index contributed by atoms with van der Waals surface area (Å²) < 4.78 is 0. The van der Waals surface area contributed by atoms with Crippen molar-refractivity contribution < 1.29 is 4.79 Å². The molecule has 1 aliphatic carbocycles. The van der Waals surface area contributed by atoms with E-state index >= 15 is 0 Å². The van der Waals surface area contributed by atoms with Gasteiger partial charge in [-0.3, -0.25) is 9.78 Å². The van der Waals surface area contributed by atoms with Crippen LogP contribution in [0, 0.1) is 0 Å². The van der Waals surface area contributed by atoms with E-state index in [4.69, 9.17) is 0 Å². The molecule has 1 amide bonds. The second-order valence-electron chi connectivity index (χ2n) is 5.33. The van der Waals surface area contributed by atoms with Gasteiger partial charge < -0.3 is 5.32 Å². The molecule has 0 unspecified atom stereocenters. The predicted octanol–water partition coefficient (Wildman–Crippen LogP) is 3.19. The zero-order valence-corrected chi connectivity index (χ0v) is 13.0. The van der Waals surface area contributed by atoms with Gasteiger partial charge in [0.05, 0.1) is 0 Å². The fourth-order valence-electron chi connectivity index (χ4n) is 2.75. The molecule has 1 aromatic rings. The standard InChI is InChI=1S/C16H24N2OS/c1-2-20-15-8-5-7-14(12-15)18-16(19)10-9-13-6-3-4-11-17-13/h3-4,6,11,14-15H,2,5,7-10,12H2,1H3,(H,18,19)/t14-,15-/m0/s1. The van der Waals surface area contributed by atoms with Crippen molar-refractivity contribution in [3.05, 3.63) is 30.1 Å². The number of nitrogens with one attached hydrogen (secondary N) is 1. The SMILES string of the molecule is CCS[C@H]1CCC[C@H](NC(=O)CCc2ccccn2)C1. The Balaban J connectivity index is 1.71. The van der Waals surface area contributed by atoms with Gasteiger partial charge in [-0.05, 0) is 43.6 Å². The number of hydrogen-bond donors (Lipinski definition) is 1. The van der Waals surface area contributed by atoms with Gasteiger partial charge in [0.2, 0.25) is 5.91 Å². The minimum Gasteiger partial charge on any atom is -0.353 e. The lowest BCUT2D eigenvalue weighted by Gasteiger charge is -2.29. The van der Waals surface area contributed by atoms with E-state index in [-0.39, 0.29) is 5.91 Å². The molecule has 1 aliphatic rings. The summed E-state index contributed by atoms with van der Waals surface area (Å²) >= 11 is 2.03. The highest BCUT2D eigenvalue weighted by atomic mass is 32.2. The second-order valence-corrected chi connectivity index (χ2v) is 6.91. The number of pyridine rings is 1. The van der Waals surface area contributed by atoms with Crippen LogP contribution in [0.4, 0.5) is 0 Å². The Kier molecular flexibility index (Phi) is 6.37. The summed E-state index contributed by atoms with van der Waals surface area (Å²) in [4.78, 5) is 16.3. The Hall–Kier alpha value is -1.03. The minimum absolute atomic E-state index is 0.169. The third-order valence-corrected chi connectivity index (χ3v) is 4.96. The van der Waals surface area contributed by atoms with E-state index in [1.165, 1.54) is 18.6 Å². The van der Waals surface area contributed by atoms with Crippen LogP contribution in [0.5, 0.6) is 0 Å². The molecule has 0 aromatic carbocycles. The molecule has 0 bridgehead atoms. The summed E-state index contributed by atoms with van der Waals surface area (Å²) in [5.41, 5.74) is 0.991. The fraction of sp³-hybridized carbons (Fsp3) is 0.625. The first-order chi connectivity index (χ1) is 9.78. The Morgan fingerprint density at radius 1 is 1.45 bits per heavy atom. The summed E-state index contributed by atoms with van der Waals surface area (Å²) in [6.07, 6.45) is 7.86. The molecule has 20 heavy (non-hydrogen) atoms. The van der Waals surface area contributed by atoms with E-state index in [2.05, 4.69) is 17.2 Å². The predicted molar refractivity (Wildman–Crippen MR) is 84.9 cm³/mol. The third kappa shape index (κ3) is 5.16. The first-order valence-corrected chi connectivity index (χ1v) is 8.63. The monoisotopic (exact) mass is 292 g/mol. The van der Waals surface area contributed by atoms with Gasteiger partial charge in [-0.15, -0.1) is 0 Å². The molecule has 4 heteroatoms. The van der Waals surface area contributed by atoms with Crippen LogP contribution in [0.3, 0.4) is 0 Å². The Morgan fingerprint density at radius 2 is 2.35 bits per heavy atom. The topological polar surface area (TPSA) is 42.0 Å². The molecule has 2 atom stereocenters. The van der Waals surface area contributed by atoms with Crippen LogP contribution in [0.1, 0.15) is 44.7 Å². The molecular weight excluding hydrogens is 268 g/mol. The molecule has 110 valence electrons. The van der Waals surface area contributed by atoms with Crippen molar-refractivity contribution >= 4 is 17.7 Å². The van der Waals surface area contributed by atoms with E-state index in [0.29, 0.717) is 12.5 Å². The average Bonchev–Trinajstić information content (AvgIpc) is 2.47. The molecule has 3 nitrogen and oxygen atoms in total. The van der Waals surface area contributed by atoms with Gasteiger partial charge in [0.15, 0.2) is 0 Å². The highest BCUT2D eigenvalue weighted by Crippen LogP contribution is 2.28. The number of thioether (sulfide) groups is 1. The summed E-state index contributed by atoms with van der Waals surface area (Å²) in [7, 11) is 0. The lowest BCUT2D eigenvalue weighted by atomic mass is 9.95. The molecule has 0 saturated heterocycles. The molecule has 1 N–H and O–H groups in total. The van der Waals surface area contributed by atoms with Gasteiger partial charge in [0.25, 0.3) is 0 Å². The van der Waals surface area contributed by atoms with Crippen molar-refractivity contribution in [2.24, 2.45) is 0 Å². The summed E-state index contributed by atoms with van der Waals surface area (Å²) in [6, 6.07) is 6.22. The van der Waals surface area contributed by atoms with Crippen molar-refractivity contribution in [2.45, 2.75) is 56.7 Å². The largest absolute Gasteiger partial charge is 0.353 e. The molecule has 1 saturated carbocycles. The van der Waals surface area contributed by atoms with E-state index in [1.807, 2.05) is 30.0 Å². The Bertz CT molecular complexity index is 408. The molecule has 1 heterocycles. The zero-order valence-electron chi connectivity index (χ0n) is 12.2. The summed E-state index contributed by atoms with van der Waals surface area (Å²) in [6.45, 7) is 2.21. The number of nitrogens with zero attached hydrogens (tertiary/aromatic N) is 1. The number of amides is 1. The molecule has 0 radical (unpaired) electrons. The average molecular weight is 292 g/mol. The van der Waals surface area contributed by atoms with Crippen LogP contribution in [-0.2, 0) is 11.2 Å². The number of aryl methyl sites for hydroxylation is 1. The minimum atomic E-state index is 0.169. The second kappa shape index (κ2) is 8.30. The van der Waals surface area contributed by atoms with Crippen molar-refractivity contribution in [1.82, 2.24) is 10.3 Å². The van der Waals surface area contributed by atoms with Crippen molar-refractivity contribution in [3.8, 4) is 0 Å². The molecule has 1 aromatic heterocycles. The Morgan fingerprint density at radius 3 is 3.10 bits per heavy atom. The summed E-state index contributed by atoms with van der Waals surface area (Å²) in [5, 5.41) is 3.93. The fourth-order valence-corrected chi connectivity index (χ4v) is 3.92. The first-order valence-electron chi connectivity index (χ1n) is 7.58.